The highest BCUT2D eigenvalue weighted by atomic mass is 31.2. The van der Waals surface area contributed by atoms with E-state index in [4.69, 9.17) is 4.52 Å². The van der Waals surface area contributed by atoms with Crippen molar-refractivity contribution in [3.8, 4) is 0 Å². The number of nitrogens with zero attached hydrogens (tertiary/aromatic N) is 7. The fourth-order valence-corrected chi connectivity index (χ4v) is 4.34. The summed E-state index contributed by atoms with van der Waals surface area (Å²) >= 11 is 0. The number of phosphoric ester groups is 1. The molecule has 0 saturated heterocycles. The van der Waals surface area contributed by atoms with Gasteiger partial charge >= 0.3 is 7.82 Å². The number of likely N-dealkylation sites (N-methyl/N-ethyl adjacent to an activating group) is 1. The van der Waals surface area contributed by atoms with Crippen LogP contribution in [0.25, 0.3) is 0 Å². The van der Waals surface area contributed by atoms with Gasteiger partial charge in [0, 0.05) is 11.6 Å². The van der Waals surface area contributed by atoms with Crippen molar-refractivity contribution in [3.05, 3.63) is 60.7 Å². The Bertz CT molecular complexity index is 1030. The molecule has 1 unspecified atom stereocenters. The van der Waals surface area contributed by atoms with E-state index in [-0.39, 0.29) is 23.1 Å². The van der Waals surface area contributed by atoms with Gasteiger partial charge in [0.25, 0.3) is 0 Å². The van der Waals surface area contributed by atoms with Crippen molar-refractivity contribution in [2.24, 2.45) is 0 Å². The molecule has 3 aromatic rings. The zero-order valence-electron chi connectivity index (χ0n) is 17.8. The van der Waals surface area contributed by atoms with E-state index in [2.05, 4.69) is 20.2 Å². The fraction of sp³-hybridized carbons (Fsp3) is 0.444. The normalized spacial score (nSPS) is 14.0. The fourth-order valence-electron chi connectivity index (χ4n) is 4.00. The molecule has 11 nitrogen and oxygen atoms in total. The second-order valence-electron chi connectivity index (χ2n) is 8.38. The van der Waals surface area contributed by atoms with Crippen molar-refractivity contribution >= 4 is 7.82 Å². The molecule has 3 rings (SSSR count). The van der Waals surface area contributed by atoms with Crippen molar-refractivity contribution in [2.75, 3.05) is 27.7 Å². The Morgan fingerprint density at radius 2 is 1.66 bits per heavy atom. The molecule has 1 atom stereocenters. The summed E-state index contributed by atoms with van der Waals surface area (Å²) in [5.41, 5.74) is -1.16. The molecule has 0 fully saturated rings. The molecular weight excluding hydrogens is 447 g/mol. The molecule has 32 heavy (non-hydrogen) atoms. The predicted octanol–water partition coefficient (Wildman–Crippen LogP) is 0.970. The van der Waals surface area contributed by atoms with Gasteiger partial charge in [0.05, 0.1) is 39.6 Å². The van der Waals surface area contributed by atoms with Crippen molar-refractivity contribution in [2.45, 2.75) is 24.5 Å². The largest absolute Gasteiger partial charge is 0.469 e. The lowest BCUT2D eigenvalue weighted by molar-refractivity contribution is -0.902. The first-order valence-electron chi connectivity index (χ1n) is 9.52. The third-order valence-corrected chi connectivity index (χ3v) is 5.75. The Kier molecular flexibility index (Phi) is 6.86. The van der Waals surface area contributed by atoms with Crippen molar-refractivity contribution in [3.63, 3.8) is 0 Å². The third kappa shape index (κ3) is 5.61. The summed E-state index contributed by atoms with van der Waals surface area (Å²) in [7, 11) is 0.509. The maximum Gasteiger partial charge on any atom is 0.469 e. The Morgan fingerprint density at radius 3 is 2.06 bits per heavy atom. The highest BCUT2D eigenvalue weighted by molar-refractivity contribution is 7.46. The Labute approximate surface area is 183 Å². The zero-order valence-corrected chi connectivity index (χ0v) is 18.7. The summed E-state index contributed by atoms with van der Waals surface area (Å²) in [4.78, 5) is 26.6. The lowest BCUT2D eigenvalue weighted by Crippen LogP contribution is -2.62. The zero-order chi connectivity index (χ0) is 23.6. The molecule has 1 aromatic carbocycles. The van der Waals surface area contributed by atoms with Crippen molar-refractivity contribution in [1.82, 2.24) is 29.5 Å². The smallest absolute Gasteiger partial charge is 0.326 e. The Balaban J connectivity index is 2.26. The van der Waals surface area contributed by atoms with Gasteiger partial charge < -0.3 is 14.3 Å². The molecule has 0 spiro atoms. The summed E-state index contributed by atoms with van der Waals surface area (Å²) in [6, 6.07) is 2.46. The van der Waals surface area contributed by atoms with Crippen LogP contribution < -0.4 is 0 Å². The maximum absolute atomic E-state index is 15.3. The van der Waals surface area contributed by atoms with Crippen molar-refractivity contribution < 1.29 is 32.1 Å². The van der Waals surface area contributed by atoms with E-state index in [9.17, 15) is 18.7 Å². The van der Waals surface area contributed by atoms with Gasteiger partial charge in [0.1, 0.15) is 49.6 Å². The Morgan fingerprint density at radius 1 is 1.09 bits per heavy atom. The molecular formula is C18H25F2N7O4P+. The molecule has 2 aromatic heterocycles. The van der Waals surface area contributed by atoms with Crippen LogP contribution in [0.5, 0.6) is 0 Å². The second kappa shape index (κ2) is 9.12. The van der Waals surface area contributed by atoms with Crippen LogP contribution in [0.3, 0.4) is 0 Å². The van der Waals surface area contributed by atoms with Gasteiger partial charge in [-0.05, 0) is 6.07 Å². The van der Waals surface area contributed by atoms with Crippen LogP contribution in [0.15, 0.2) is 43.5 Å². The molecule has 2 N–H and O–H groups in total. The number of aromatic nitrogens is 6. The molecule has 0 bridgehead atoms. The number of phosphoric acid groups is 1. The summed E-state index contributed by atoms with van der Waals surface area (Å²) in [5, 5.41) is 8.28. The topological polar surface area (TPSA) is 128 Å². The lowest BCUT2D eigenvalue weighted by atomic mass is 9.72. The van der Waals surface area contributed by atoms with Crippen LogP contribution in [0.1, 0.15) is 5.56 Å². The third-order valence-electron chi connectivity index (χ3n) is 5.26. The number of benzene rings is 1. The SMILES string of the molecule is C[N+](C)(C)C(COP(=O)(O)O)C(Cn1cncn1)(Cn1cncn1)c1ccc(F)cc1F. The van der Waals surface area contributed by atoms with Gasteiger partial charge in [-0.25, -0.2) is 23.3 Å². The van der Waals surface area contributed by atoms with E-state index >= 15 is 4.39 Å². The number of rotatable bonds is 10. The molecule has 0 aliphatic rings. The summed E-state index contributed by atoms with van der Waals surface area (Å²) in [6.45, 7) is -0.381. The van der Waals surface area contributed by atoms with Crippen LogP contribution in [-0.4, -0.2) is 77.6 Å². The van der Waals surface area contributed by atoms with Gasteiger partial charge in [-0.2, -0.15) is 10.2 Å². The van der Waals surface area contributed by atoms with Crippen LogP contribution in [0.4, 0.5) is 8.78 Å². The van der Waals surface area contributed by atoms with E-state index in [1.807, 2.05) is 0 Å². The van der Waals surface area contributed by atoms with Crippen LogP contribution in [0.2, 0.25) is 0 Å². The Hall–Kier alpha value is -2.57. The number of hydrogen-bond acceptors (Lipinski definition) is 6. The minimum absolute atomic E-state index is 0.0279. The van der Waals surface area contributed by atoms with Gasteiger partial charge in [-0.1, -0.05) is 6.07 Å². The minimum atomic E-state index is -4.84. The molecule has 0 aliphatic carbocycles. The first-order valence-corrected chi connectivity index (χ1v) is 11.1. The van der Waals surface area contributed by atoms with Gasteiger partial charge in [0.15, 0.2) is 0 Å². The molecule has 0 saturated carbocycles. The quantitative estimate of drug-likeness (QED) is 0.330. The van der Waals surface area contributed by atoms with E-state index in [1.54, 1.807) is 21.1 Å². The summed E-state index contributed by atoms with van der Waals surface area (Å²) in [5.74, 6) is -1.57. The van der Waals surface area contributed by atoms with E-state index in [0.29, 0.717) is 0 Å². The average molecular weight is 472 g/mol. The van der Waals surface area contributed by atoms with Crippen molar-refractivity contribution in [1.29, 1.82) is 0 Å². The van der Waals surface area contributed by atoms with Crippen LogP contribution in [-0.2, 0) is 27.6 Å². The van der Waals surface area contributed by atoms with Crippen LogP contribution in [0, 0.1) is 11.6 Å². The van der Waals surface area contributed by atoms with Gasteiger partial charge in [-0.15, -0.1) is 0 Å². The number of halogens is 2. The second-order valence-corrected chi connectivity index (χ2v) is 9.62. The van der Waals surface area contributed by atoms with E-state index in [1.165, 1.54) is 40.7 Å². The highest BCUT2D eigenvalue weighted by Crippen LogP contribution is 2.42. The highest BCUT2D eigenvalue weighted by Gasteiger charge is 2.51. The molecule has 174 valence electrons. The maximum atomic E-state index is 15.3. The molecule has 0 aliphatic heterocycles. The van der Waals surface area contributed by atoms with Gasteiger partial charge in [0.2, 0.25) is 0 Å². The predicted molar refractivity (Wildman–Crippen MR) is 108 cm³/mol. The summed E-state index contributed by atoms with van der Waals surface area (Å²) < 4.78 is 48.6. The van der Waals surface area contributed by atoms with E-state index in [0.717, 1.165) is 12.1 Å². The van der Waals surface area contributed by atoms with E-state index < -0.39 is 37.5 Å². The first-order chi connectivity index (χ1) is 14.9. The summed E-state index contributed by atoms with van der Waals surface area (Å²) in [6.07, 6.45) is 5.50. The number of hydrogen-bond donors (Lipinski definition) is 2. The monoisotopic (exact) mass is 472 g/mol. The number of quaternary nitrogens is 1. The minimum Gasteiger partial charge on any atom is -0.326 e. The molecule has 2 heterocycles. The van der Waals surface area contributed by atoms with Gasteiger partial charge in [-0.3, -0.25) is 13.9 Å². The first kappa shape index (κ1) is 24.1. The molecule has 14 heteroatoms. The molecule has 0 radical (unpaired) electrons. The average Bonchev–Trinajstić information content (AvgIpc) is 3.33. The standard InChI is InChI=1S/C18H24F2N7O4P/c1-27(2,3)17(7-31-32(28,29)30)18(8-25-12-21-10-23-25,9-26-13-22-11-24-26)15-5-4-14(19)6-16(15)20/h4-6,10-13,17H,7-9H2,1-3H3,(H-,28,29,30)/p+1. The molecule has 0 amide bonds. The van der Waals surface area contributed by atoms with Crippen LogP contribution >= 0.6 is 7.82 Å². The lowest BCUT2D eigenvalue weighted by Gasteiger charge is -2.47.